The second-order valence-corrected chi connectivity index (χ2v) is 4.86. The van der Waals surface area contributed by atoms with Crippen molar-refractivity contribution in [1.82, 2.24) is 9.78 Å². The van der Waals surface area contributed by atoms with Gasteiger partial charge in [-0.25, -0.2) is 0 Å². The first-order valence-corrected chi connectivity index (χ1v) is 5.98. The molecule has 0 aliphatic carbocycles. The van der Waals surface area contributed by atoms with Crippen molar-refractivity contribution < 1.29 is 4.79 Å². The standard InChI is InChI=1S/C13H22N2O/c1-9(2)7-6-8-15-11(4)13(12(5)16)10(3)14-15/h9H,6-8H2,1-5H3. The Kier molecular flexibility index (Phi) is 4.27. The lowest BCUT2D eigenvalue weighted by Crippen LogP contribution is -2.05. The van der Waals surface area contributed by atoms with Crippen LogP contribution in [0.1, 0.15) is 55.4 Å². The number of hydrogen-bond donors (Lipinski definition) is 0. The molecule has 0 radical (unpaired) electrons. The molecule has 1 aromatic heterocycles. The molecule has 0 saturated carbocycles. The Morgan fingerprint density at radius 3 is 2.44 bits per heavy atom. The van der Waals surface area contributed by atoms with E-state index in [4.69, 9.17) is 0 Å². The van der Waals surface area contributed by atoms with Gasteiger partial charge in [-0.05, 0) is 39.5 Å². The van der Waals surface area contributed by atoms with Crippen LogP contribution in [0.5, 0.6) is 0 Å². The highest BCUT2D eigenvalue weighted by Gasteiger charge is 2.14. The minimum atomic E-state index is 0.116. The quantitative estimate of drug-likeness (QED) is 0.717. The summed E-state index contributed by atoms with van der Waals surface area (Å²) in [7, 11) is 0. The molecule has 0 saturated heterocycles. The number of carbonyl (C=O) groups is 1. The van der Waals surface area contributed by atoms with E-state index in [1.807, 2.05) is 18.5 Å². The van der Waals surface area contributed by atoms with E-state index in [-0.39, 0.29) is 5.78 Å². The summed E-state index contributed by atoms with van der Waals surface area (Å²) >= 11 is 0. The highest BCUT2D eigenvalue weighted by atomic mass is 16.1. The largest absolute Gasteiger partial charge is 0.294 e. The lowest BCUT2D eigenvalue weighted by atomic mass is 10.1. The number of ketones is 1. The molecule has 0 bridgehead atoms. The van der Waals surface area contributed by atoms with Crippen LogP contribution >= 0.6 is 0 Å². The molecular weight excluding hydrogens is 200 g/mol. The third kappa shape index (κ3) is 2.94. The summed E-state index contributed by atoms with van der Waals surface area (Å²) in [4.78, 5) is 11.4. The molecule has 1 rings (SSSR count). The molecule has 0 N–H and O–H groups in total. The number of rotatable bonds is 5. The van der Waals surface area contributed by atoms with Gasteiger partial charge in [0.15, 0.2) is 5.78 Å². The molecule has 3 nitrogen and oxygen atoms in total. The van der Waals surface area contributed by atoms with Crippen molar-refractivity contribution in [2.24, 2.45) is 5.92 Å². The van der Waals surface area contributed by atoms with Crippen molar-refractivity contribution in [3.63, 3.8) is 0 Å². The summed E-state index contributed by atoms with van der Waals surface area (Å²) in [6.45, 7) is 10.9. The molecule has 0 unspecified atom stereocenters. The van der Waals surface area contributed by atoms with Crippen LogP contribution in [0.25, 0.3) is 0 Å². The lowest BCUT2D eigenvalue weighted by Gasteiger charge is -2.06. The molecule has 0 amide bonds. The lowest BCUT2D eigenvalue weighted by molar-refractivity contribution is 0.101. The first kappa shape index (κ1) is 12.9. The third-order valence-corrected chi connectivity index (χ3v) is 2.88. The fraction of sp³-hybridized carbons (Fsp3) is 0.692. The van der Waals surface area contributed by atoms with E-state index in [1.165, 1.54) is 6.42 Å². The van der Waals surface area contributed by atoms with Crippen molar-refractivity contribution in [2.75, 3.05) is 0 Å². The van der Waals surface area contributed by atoms with Gasteiger partial charge >= 0.3 is 0 Å². The van der Waals surface area contributed by atoms with Crippen LogP contribution in [0, 0.1) is 19.8 Å². The first-order valence-electron chi connectivity index (χ1n) is 5.98. The maximum atomic E-state index is 11.4. The van der Waals surface area contributed by atoms with E-state index in [9.17, 15) is 4.79 Å². The minimum Gasteiger partial charge on any atom is -0.294 e. The zero-order valence-corrected chi connectivity index (χ0v) is 11.0. The summed E-state index contributed by atoms with van der Waals surface area (Å²) in [5, 5.41) is 4.42. The fourth-order valence-electron chi connectivity index (χ4n) is 2.07. The molecule has 0 aliphatic heterocycles. The van der Waals surface area contributed by atoms with Gasteiger partial charge in [-0.3, -0.25) is 9.48 Å². The van der Waals surface area contributed by atoms with E-state index in [1.54, 1.807) is 6.92 Å². The van der Waals surface area contributed by atoms with Gasteiger partial charge in [0.2, 0.25) is 0 Å². The first-order chi connectivity index (χ1) is 7.43. The predicted octanol–water partition coefficient (Wildman–Crippen LogP) is 3.14. The summed E-state index contributed by atoms with van der Waals surface area (Å²) < 4.78 is 1.97. The Morgan fingerprint density at radius 2 is 2.00 bits per heavy atom. The number of aryl methyl sites for hydroxylation is 2. The topological polar surface area (TPSA) is 34.9 Å². The third-order valence-electron chi connectivity index (χ3n) is 2.88. The Labute approximate surface area is 97.8 Å². The minimum absolute atomic E-state index is 0.116. The summed E-state index contributed by atoms with van der Waals surface area (Å²) in [5.74, 6) is 0.842. The van der Waals surface area contributed by atoms with Crippen LogP contribution in [-0.4, -0.2) is 15.6 Å². The maximum absolute atomic E-state index is 11.4. The van der Waals surface area contributed by atoms with Gasteiger partial charge in [0.05, 0.1) is 11.3 Å². The highest BCUT2D eigenvalue weighted by Crippen LogP contribution is 2.15. The van der Waals surface area contributed by atoms with Gasteiger partial charge in [0.1, 0.15) is 0 Å². The van der Waals surface area contributed by atoms with Gasteiger partial charge < -0.3 is 0 Å². The molecule has 1 aromatic rings. The molecule has 1 heterocycles. The molecular formula is C13H22N2O. The summed E-state index contributed by atoms with van der Waals surface area (Å²) in [6.07, 6.45) is 2.32. The number of hydrogen-bond acceptors (Lipinski definition) is 2. The highest BCUT2D eigenvalue weighted by molar-refractivity contribution is 5.96. The van der Waals surface area contributed by atoms with Crippen LogP contribution < -0.4 is 0 Å². The smallest absolute Gasteiger partial charge is 0.163 e. The number of aromatic nitrogens is 2. The van der Waals surface area contributed by atoms with E-state index in [2.05, 4.69) is 18.9 Å². The molecule has 3 heteroatoms. The van der Waals surface area contributed by atoms with E-state index >= 15 is 0 Å². The second-order valence-electron chi connectivity index (χ2n) is 4.86. The molecule has 0 spiro atoms. The van der Waals surface area contributed by atoms with E-state index in [0.29, 0.717) is 0 Å². The number of nitrogens with zero attached hydrogens (tertiary/aromatic N) is 2. The van der Waals surface area contributed by atoms with E-state index < -0.39 is 0 Å². The van der Waals surface area contributed by atoms with Crippen LogP contribution in [0.4, 0.5) is 0 Å². The Balaban J connectivity index is 2.75. The monoisotopic (exact) mass is 222 g/mol. The van der Waals surface area contributed by atoms with Gasteiger partial charge in [-0.2, -0.15) is 5.10 Å². The SMILES string of the molecule is CC(=O)c1c(C)nn(CCCC(C)C)c1C. The zero-order chi connectivity index (χ0) is 12.3. The average molecular weight is 222 g/mol. The molecule has 16 heavy (non-hydrogen) atoms. The molecule has 0 aliphatic rings. The van der Waals surface area contributed by atoms with Crippen LogP contribution in [0.2, 0.25) is 0 Å². The molecule has 0 fully saturated rings. The zero-order valence-electron chi connectivity index (χ0n) is 11.0. The predicted molar refractivity (Wildman–Crippen MR) is 65.8 cm³/mol. The van der Waals surface area contributed by atoms with Crippen molar-refractivity contribution in [2.45, 2.75) is 54.0 Å². The van der Waals surface area contributed by atoms with Crippen LogP contribution in [0.15, 0.2) is 0 Å². The fourth-order valence-corrected chi connectivity index (χ4v) is 2.07. The van der Waals surface area contributed by atoms with Crippen LogP contribution in [-0.2, 0) is 6.54 Å². The summed E-state index contributed by atoms with van der Waals surface area (Å²) in [6, 6.07) is 0. The Hall–Kier alpha value is -1.12. The van der Waals surface area contributed by atoms with Gasteiger partial charge in [-0.1, -0.05) is 13.8 Å². The number of Topliss-reactive ketones (excluding diaryl/α,β-unsaturated/α-hetero) is 1. The second kappa shape index (κ2) is 5.28. The summed E-state index contributed by atoms with van der Waals surface area (Å²) in [5.41, 5.74) is 2.66. The van der Waals surface area contributed by atoms with Crippen molar-refractivity contribution in [3.8, 4) is 0 Å². The molecule has 0 aromatic carbocycles. The molecule has 90 valence electrons. The Bertz CT molecular complexity index is 378. The van der Waals surface area contributed by atoms with E-state index in [0.717, 1.165) is 35.8 Å². The van der Waals surface area contributed by atoms with Gasteiger partial charge in [0.25, 0.3) is 0 Å². The Morgan fingerprint density at radius 1 is 1.38 bits per heavy atom. The van der Waals surface area contributed by atoms with Crippen molar-refractivity contribution in [1.29, 1.82) is 0 Å². The normalized spacial score (nSPS) is 11.1. The molecule has 0 atom stereocenters. The number of carbonyl (C=O) groups excluding carboxylic acids is 1. The maximum Gasteiger partial charge on any atom is 0.163 e. The average Bonchev–Trinajstić information content (AvgIpc) is 2.41. The van der Waals surface area contributed by atoms with Gasteiger partial charge in [0, 0.05) is 12.2 Å². The van der Waals surface area contributed by atoms with Crippen molar-refractivity contribution in [3.05, 3.63) is 17.0 Å². The van der Waals surface area contributed by atoms with Crippen LogP contribution in [0.3, 0.4) is 0 Å². The van der Waals surface area contributed by atoms with Crippen molar-refractivity contribution >= 4 is 5.78 Å². The van der Waals surface area contributed by atoms with Gasteiger partial charge in [-0.15, -0.1) is 0 Å².